The molecule has 178 valence electrons. The summed E-state index contributed by atoms with van der Waals surface area (Å²) >= 11 is 0. The topological polar surface area (TPSA) is 79.6 Å². The maximum Gasteiger partial charge on any atom is 0.191 e. The predicted octanol–water partition coefficient (Wildman–Crippen LogP) is 2.81. The van der Waals surface area contributed by atoms with E-state index in [0.29, 0.717) is 24.6 Å². The van der Waals surface area contributed by atoms with Crippen LogP contribution in [0.15, 0.2) is 4.99 Å². The van der Waals surface area contributed by atoms with Gasteiger partial charge in [0.25, 0.3) is 0 Å². The quantitative estimate of drug-likeness (QED) is 0.296. The zero-order valence-corrected chi connectivity index (χ0v) is 22.1. The maximum atomic E-state index is 5.17. The molecule has 31 heavy (non-hydrogen) atoms. The molecule has 1 aromatic rings. The van der Waals surface area contributed by atoms with E-state index in [4.69, 9.17) is 9.73 Å². The molecule has 0 spiro atoms. The monoisotopic (exact) mass is 547 g/mol. The summed E-state index contributed by atoms with van der Waals surface area (Å²) in [5.74, 6) is 3.35. The second-order valence-corrected chi connectivity index (χ2v) is 8.92. The van der Waals surface area contributed by atoms with E-state index in [0.717, 1.165) is 50.1 Å². The minimum absolute atomic E-state index is 0. The first-order chi connectivity index (χ1) is 14.6. The van der Waals surface area contributed by atoms with Crippen molar-refractivity contribution in [1.82, 2.24) is 30.3 Å². The highest BCUT2D eigenvalue weighted by Gasteiger charge is 2.24. The summed E-state index contributed by atoms with van der Waals surface area (Å²) in [4.78, 5) is 12.3. The van der Waals surface area contributed by atoms with Gasteiger partial charge in [0.2, 0.25) is 0 Å². The summed E-state index contributed by atoms with van der Waals surface area (Å²) in [5, 5.41) is 11.7. The summed E-state index contributed by atoms with van der Waals surface area (Å²) in [6.45, 7) is 12.2. The highest BCUT2D eigenvalue weighted by molar-refractivity contribution is 14.0. The number of halogens is 1. The number of likely N-dealkylation sites (tertiary alicyclic amines) is 1. The Hall–Kier alpha value is -0.940. The van der Waals surface area contributed by atoms with Crippen LogP contribution < -0.4 is 10.6 Å². The van der Waals surface area contributed by atoms with Crippen LogP contribution in [-0.2, 0) is 24.3 Å². The van der Waals surface area contributed by atoms with Crippen LogP contribution >= 0.6 is 24.0 Å². The number of ether oxygens (including phenoxy) is 1. The Morgan fingerprint density at radius 1 is 1.23 bits per heavy atom. The molecule has 0 bridgehead atoms. The first kappa shape index (κ1) is 26.3. The molecule has 3 heterocycles. The van der Waals surface area contributed by atoms with Gasteiger partial charge in [0.1, 0.15) is 12.4 Å². The molecule has 0 radical (unpaired) electrons. The number of nitrogens with zero attached hydrogens (tertiary/aromatic N) is 5. The molecule has 1 saturated heterocycles. The average molecular weight is 548 g/mol. The molecule has 0 saturated carbocycles. The highest BCUT2D eigenvalue weighted by Crippen LogP contribution is 2.18. The van der Waals surface area contributed by atoms with Crippen molar-refractivity contribution in [3.63, 3.8) is 0 Å². The van der Waals surface area contributed by atoms with Crippen molar-refractivity contribution in [2.24, 2.45) is 10.9 Å². The van der Waals surface area contributed by atoms with Gasteiger partial charge in [0.05, 0.1) is 13.1 Å². The Kier molecular flexibility index (Phi) is 11.5. The van der Waals surface area contributed by atoms with Crippen LogP contribution in [0.5, 0.6) is 0 Å². The van der Waals surface area contributed by atoms with Crippen LogP contribution in [0, 0.1) is 5.92 Å². The van der Waals surface area contributed by atoms with Crippen LogP contribution in [0.25, 0.3) is 0 Å². The number of rotatable bonds is 8. The van der Waals surface area contributed by atoms with E-state index in [1.165, 1.54) is 38.8 Å². The van der Waals surface area contributed by atoms with Crippen molar-refractivity contribution >= 4 is 29.9 Å². The van der Waals surface area contributed by atoms with E-state index in [-0.39, 0.29) is 24.0 Å². The van der Waals surface area contributed by atoms with E-state index >= 15 is 0 Å². The van der Waals surface area contributed by atoms with Gasteiger partial charge >= 0.3 is 0 Å². The summed E-state index contributed by atoms with van der Waals surface area (Å²) < 4.78 is 7.19. The fourth-order valence-corrected chi connectivity index (χ4v) is 4.54. The summed E-state index contributed by atoms with van der Waals surface area (Å²) in [6, 6.07) is 0.812. The Morgan fingerprint density at radius 3 is 2.61 bits per heavy atom. The van der Waals surface area contributed by atoms with Crippen molar-refractivity contribution in [2.75, 3.05) is 33.3 Å². The minimum atomic E-state index is 0. The smallest absolute Gasteiger partial charge is 0.191 e. The summed E-state index contributed by atoms with van der Waals surface area (Å²) in [5.41, 5.74) is 0. The normalized spacial score (nSPS) is 21.2. The molecule has 3 rings (SSSR count). The Balaban J connectivity index is 0.00000341. The first-order valence-corrected chi connectivity index (χ1v) is 11.8. The second kappa shape index (κ2) is 13.6. The molecule has 8 nitrogen and oxygen atoms in total. The number of aryl methyl sites for hydroxylation is 1. The SMILES string of the molecule is CCNC(=NCC(C(C)C)N1CCCCCC1)NC1CCc2nc(COC)nn2C1.I. The van der Waals surface area contributed by atoms with Gasteiger partial charge in [0.15, 0.2) is 11.8 Å². The van der Waals surface area contributed by atoms with Gasteiger partial charge in [-0.25, -0.2) is 9.67 Å². The van der Waals surface area contributed by atoms with Crippen molar-refractivity contribution in [3.8, 4) is 0 Å². The Morgan fingerprint density at radius 2 is 1.97 bits per heavy atom. The largest absolute Gasteiger partial charge is 0.377 e. The van der Waals surface area contributed by atoms with Gasteiger partial charge < -0.3 is 15.4 Å². The van der Waals surface area contributed by atoms with Crippen molar-refractivity contribution in [1.29, 1.82) is 0 Å². The molecular formula is C22H42IN7O. The molecule has 2 atom stereocenters. The van der Waals surface area contributed by atoms with Gasteiger partial charge in [-0.15, -0.1) is 24.0 Å². The van der Waals surface area contributed by atoms with Crippen LogP contribution in [0.4, 0.5) is 0 Å². The lowest BCUT2D eigenvalue weighted by Gasteiger charge is -2.33. The molecule has 9 heteroatoms. The van der Waals surface area contributed by atoms with Crippen molar-refractivity contribution in [3.05, 3.63) is 11.6 Å². The highest BCUT2D eigenvalue weighted by atomic mass is 127. The van der Waals surface area contributed by atoms with Gasteiger partial charge in [-0.2, -0.15) is 5.10 Å². The predicted molar refractivity (Wildman–Crippen MR) is 136 cm³/mol. The molecule has 0 aliphatic carbocycles. The number of nitrogens with one attached hydrogen (secondary N) is 2. The number of fused-ring (bicyclic) bond motifs is 1. The first-order valence-electron chi connectivity index (χ1n) is 11.8. The van der Waals surface area contributed by atoms with E-state index in [1.807, 2.05) is 4.68 Å². The number of methoxy groups -OCH3 is 1. The lowest BCUT2D eigenvalue weighted by Crippen LogP contribution is -2.48. The van der Waals surface area contributed by atoms with Crippen molar-refractivity contribution < 1.29 is 4.74 Å². The van der Waals surface area contributed by atoms with Gasteiger partial charge in [0, 0.05) is 32.2 Å². The third-order valence-corrected chi connectivity index (χ3v) is 6.18. The average Bonchev–Trinajstić information content (AvgIpc) is 2.92. The van der Waals surface area contributed by atoms with Gasteiger partial charge in [-0.05, 0) is 45.2 Å². The molecule has 1 aromatic heterocycles. The molecule has 0 aromatic carbocycles. The lowest BCUT2D eigenvalue weighted by atomic mass is 10.0. The van der Waals surface area contributed by atoms with E-state index in [9.17, 15) is 0 Å². The van der Waals surface area contributed by atoms with Crippen molar-refractivity contribution in [2.45, 2.75) is 84.5 Å². The zero-order chi connectivity index (χ0) is 21.3. The summed E-state index contributed by atoms with van der Waals surface area (Å²) in [6.07, 6.45) is 7.34. The standard InChI is InChI=1S/C22H41N7O.HI/c1-5-23-22(24-14-19(17(2)3)28-12-8-6-7-9-13-28)25-18-10-11-21-26-20(16-30-4)27-29(21)15-18;/h17-19H,5-16H2,1-4H3,(H2,23,24,25);1H. The number of hydrogen-bond acceptors (Lipinski definition) is 5. The number of hydrogen-bond donors (Lipinski definition) is 2. The molecule has 1 fully saturated rings. The maximum absolute atomic E-state index is 5.17. The van der Waals surface area contributed by atoms with Gasteiger partial charge in [-0.3, -0.25) is 9.89 Å². The molecule has 2 aliphatic rings. The Labute approximate surface area is 205 Å². The summed E-state index contributed by atoms with van der Waals surface area (Å²) in [7, 11) is 1.68. The lowest BCUT2D eigenvalue weighted by molar-refractivity contribution is 0.166. The second-order valence-electron chi connectivity index (χ2n) is 8.92. The fourth-order valence-electron chi connectivity index (χ4n) is 4.54. The van der Waals surface area contributed by atoms with Crippen LogP contribution in [0.3, 0.4) is 0 Å². The number of aliphatic imine (C=N–C) groups is 1. The van der Waals surface area contributed by atoms with Crippen LogP contribution in [-0.4, -0.2) is 71.0 Å². The third kappa shape index (κ3) is 7.85. The van der Waals surface area contributed by atoms with Crippen LogP contribution in [0.1, 0.15) is 64.5 Å². The zero-order valence-electron chi connectivity index (χ0n) is 19.8. The fraction of sp³-hybridized carbons (Fsp3) is 0.864. The number of aromatic nitrogens is 3. The third-order valence-electron chi connectivity index (χ3n) is 6.18. The Bertz CT molecular complexity index is 671. The van der Waals surface area contributed by atoms with Gasteiger partial charge in [-0.1, -0.05) is 26.7 Å². The molecule has 2 N–H and O–H groups in total. The molecular weight excluding hydrogens is 505 g/mol. The number of guanidine groups is 1. The van der Waals surface area contributed by atoms with E-state index < -0.39 is 0 Å². The molecule has 2 unspecified atom stereocenters. The molecule has 0 amide bonds. The minimum Gasteiger partial charge on any atom is -0.377 e. The van der Waals surface area contributed by atoms with E-state index in [1.54, 1.807) is 7.11 Å². The van der Waals surface area contributed by atoms with E-state index in [2.05, 4.69) is 46.4 Å². The van der Waals surface area contributed by atoms with Crippen LogP contribution in [0.2, 0.25) is 0 Å². The molecule has 2 aliphatic heterocycles.